The van der Waals surface area contributed by atoms with Crippen LogP contribution in [0.4, 0.5) is 4.79 Å². The van der Waals surface area contributed by atoms with E-state index in [4.69, 9.17) is 9.47 Å². The van der Waals surface area contributed by atoms with Gasteiger partial charge in [-0.2, -0.15) is 0 Å². The fourth-order valence-corrected chi connectivity index (χ4v) is 2.72. The van der Waals surface area contributed by atoms with E-state index in [0.717, 1.165) is 0 Å². The number of likely N-dealkylation sites (tertiary alicyclic amines) is 1. The molecular weight excluding hydrogens is 246 g/mol. The Balaban J connectivity index is 2.04. The average Bonchev–Trinajstić information content (AvgIpc) is 2.32. The van der Waals surface area contributed by atoms with Crippen LogP contribution in [0.25, 0.3) is 0 Å². The Kier molecular flexibility index (Phi) is 3.85. The number of hydrogen-bond acceptors (Lipinski definition) is 4. The topological polar surface area (TPSA) is 55.8 Å². The molecule has 0 aromatic heterocycles. The Morgan fingerprint density at radius 2 is 1.95 bits per heavy atom. The summed E-state index contributed by atoms with van der Waals surface area (Å²) in [4.78, 5) is 26.0. The zero-order valence-electron chi connectivity index (χ0n) is 12.0. The van der Waals surface area contributed by atoms with Crippen molar-refractivity contribution in [3.8, 4) is 0 Å². The molecule has 0 radical (unpaired) electrons. The molecule has 0 bridgehead atoms. The predicted molar refractivity (Wildman–Crippen MR) is 69.9 cm³/mol. The highest BCUT2D eigenvalue weighted by Crippen LogP contribution is 2.36. The zero-order chi connectivity index (χ0) is 14.1. The Bertz CT molecular complexity index is 366. The van der Waals surface area contributed by atoms with Gasteiger partial charge in [0.2, 0.25) is 0 Å². The van der Waals surface area contributed by atoms with E-state index in [1.807, 2.05) is 20.8 Å². The molecule has 2 rings (SSSR count). The molecule has 2 heterocycles. The number of ether oxygens (including phenoxy) is 2. The van der Waals surface area contributed by atoms with Gasteiger partial charge in [0.15, 0.2) is 0 Å². The van der Waals surface area contributed by atoms with E-state index in [-0.39, 0.29) is 11.9 Å². The smallest absolute Gasteiger partial charge is 0.410 e. The molecule has 0 saturated carbocycles. The first-order valence-corrected chi connectivity index (χ1v) is 6.91. The minimum atomic E-state index is -0.499. The summed E-state index contributed by atoms with van der Waals surface area (Å²) in [5.41, 5.74) is -0.894. The third kappa shape index (κ3) is 3.26. The molecule has 1 amide bonds. The molecule has 0 atom stereocenters. The first kappa shape index (κ1) is 14.3. The number of amides is 1. The number of carbonyl (C=O) groups is 2. The van der Waals surface area contributed by atoms with Crippen LogP contribution >= 0.6 is 0 Å². The van der Waals surface area contributed by atoms with Gasteiger partial charge >= 0.3 is 6.09 Å². The maximum absolute atomic E-state index is 12.2. The summed E-state index contributed by atoms with van der Waals surface area (Å²) in [6.45, 7) is 7.71. The Labute approximate surface area is 114 Å². The molecule has 0 aliphatic carbocycles. The van der Waals surface area contributed by atoms with Gasteiger partial charge in [-0.25, -0.2) is 4.79 Å². The number of ketones is 1. The maximum Gasteiger partial charge on any atom is 0.410 e. The van der Waals surface area contributed by atoms with Crippen LogP contribution in [0.2, 0.25) is 0 Å². The van der Waals surface area contributed by atoms with Gasteiger partial charge in [0.25, 0.3) is 0 Å². The van der Waals surface area contributed by atoms with Gasteiger partial charge < -0.3 is 14.4 Å². The molecule has 0 N–H and O–H groups in total. The quantitative estimate of drug-likeness (QED) is 0.675. The van der Waals surface area contributed by atoms with E-state index < -0.39 is 11.0 Å². The van der Waals surface area contributed by atoms with Gasteiger partial charge in [-0.15, -0.1) is 0 Å². The number of rotatable bonds is 0. The lowest BCUT2D eigenvalue weighted by atomic mass is 9.73. The molecule has 19 heavy (non-hydrogen) atoms. The summed E-state index contributed by atoms with van der Waals surface area (Å²) >= 11 is 0. The fourth-order valence-electron chi connectivity index (χ4n) is 2.72. The summed E-state index contributed by atoms with van der Waals surface area (Å²) in [6, 6.07) is 0. The van der Waals surface area contributed by atoms with Crippen molar-refractivity contribution in [2.45, 2.75) is 45.6 Å². The van der Waals surface area contributed by atoms with Crippen LogP contribution in [0.15, 0.2) is 0 Å². The monoisotopic (exact) mass is 269 g/mol. The first-order chi connectivity index (χ1) is 8.82. The van der Waals surface area contributed by atoms with Gasteiger partial charge in [-0.1, -0.05) is 0 Å². The molecule has 1 spiro atoms. The Hall–Kier alpha value is -1.10. The highest BCUT2D eigenvalue weighted by atomic mass is 16.6. The number of carbonyl (C=O) groups excluding carboxylic acids is 2. The van der Waals surface area contributed by atoms with Gasteiger partial charge in [-0.05, 0) is 33.6 Å². The van der Waals surface area contributed by atoms with Crippen molar-refractivity contribution in [2.24, 2.45) is 5.41 Å². The first-order valence-electron chi connectivity index (χ1n) is 6.91. The summed E-state index contributed by atoms with van der Waals surface area (Å²) in [6.07, 6.45) is 1.54. The normalized spacial score (nSPS) is 23.5. The molecule has 0 unspecified atom stereocenters. The fraction of sp³-hybridized carbons (Fsp3) is 0.857. The molecular formula is C14H23NO4. The van der Waals surface area contributed by atoms with E-state index in [9.17, 15) is 9.59 Å². The Morgan fingerprint density at radius 1 is 1.32 bits per heavy atom. The second kappa shape index (κ2) is 5.12. The molecule has 0 aromatic rings. The van der Waals surface area contributed by atoms with Crippen LogP contribution in [0.1, 0.15) is 40.0 Å². The van der Waals surface area contributed by atoms with Crippen LogP contribution in [-0.2, 0) is 14.3 Å². The molecule has 5 nitrogen and oxygen atoms in total. The second-order valence-electron chi connectivity index (χ2n) is 6.47. The molecule has 2 saturated heterocycles. The number of piperidine rings is 1. The van der Waals surface area contributed by atoms with Crippen molar-refractivity contribution in [3.63, 3.8) is 0 Å². The third-order valence-electron chi connectivity index (χ3n) is 3.80. The SMILES string of the molecule is CC(C)(C)OC(=O)N1CCC(=O)C2(CCOCC2)C1. The second-order valence-corrected chi connectivity index (χ2v) is 6.47. The Morgan fingerprint density at radius 3 is 2.53 bits per heavy atom. The van der Waals surface area contributed by atoms with Gasteiger partial charge in [0, 0.05) is 32.7 Å². The van der Waals surface area contributed by atoms with Gasteiger partial charge in [-0.3, -0.25) is 4.79 Å². The minimum Gasteiger partial charge on any atom is -0.444 e. The molecule has 2 aliphatic heterocycles. The van der Waals surface area contributed by atoms with Crippen LogP contribution < -0.4 is 0 Å². The largest absolute Gasteiger partial charge is 0.444 e. The summed E-state index contributed by atoms with van der Waals surface area (Å²) in [5.74, 6) is 0.274. The number of Topliss-reactive ketones (excluding diaryl/α,β-unsaturated/α-hetero) is 1. The van der Waals surface area contributed by atoms with Gasteiger partial charge in [0.05, 0.1) is 5.41 Å². The average molecular weight is 269 g/mol. The van der Waals surface area contributed by atoms with Crippen molar-refractivity contribution in [1.82, 2.24) is 4.90 Å². The molecule has 0 aromatic carbocycles. The van der Waals surface area contributed by atoms with E-state index in [0.29, 0.717) is 45.6 Å². The van der Waals surface area contributed by atoms with Crippen LogP contribution in [-0.4, -0.2) is 48.7 Å². The lowest BCUT2D eigenvalue weighted by molar-refractivity contribution is -0.140. The van der Waals surface area contributed by atoms with Crippen molar-refractivity contribution in [2.75, 3.05) is 26.3 Å². The minimum absolute atomic E-state index is 0.274. The van der Waals surface area contributed by atoms with Crippen molar-refractivity contribution < 1.29 is 19.1 Å². The maximum atomic E-state index is 12.2. The van der Waals surface area contributed by atoms with Crippen LogP contribution in [0.5, 0.6) is 0 Å². The summed E-state index contributed by atoms with van der Waals surface area (Å²) in [7, 11) is 0. The highest BCUT2D eigenvalue weighted by molar-refractivity contribution is 5.87. The van der Waals surface area contributed by atoms with Crippen LogP contribution in [0, 0.1) is 5.41 Å². The summed E-state index contributed by atoms with van der Waals surface area (Å²) in [5, 5.41) is 0. The lowest BCUT2D eigenvalue weighted by Crippen LogP contribution is -2.54. The number of nitrogens with zero attached hydrogens (tertiary/aromatic N) is 1. The predicted octanol–water partition coefficient (Wildman–Crippen LogP) is 1.99. The molecule has 2 fully saturated rings. The van der Waals surface area contributed by atoms with Crippen molar-refractivity contribution in [1.29, 1.82) is 0 Å². The number of hydrogen-bond donors (Lipinski definition) is 0. The van der Waals surface area contributed by atoms with E-state index in [1.54, 1.807) is 4.90 Å². The standard InChI is InChI=1S/C14H23NO4/c1-13(2,3)19-12(17)15-7-4-11(16)14(10-15)5-8-18-9-6-14/h4-10H2,1-3H3. The molecule has 108 valence electrons. The van der Waals surface area contributed by atoms with Crippen molar-refractivity contribution >= 4 is 11.9 Å². The van der Waals surface area contributed by atoms with E-state index in [1.165, 1.54) is 0 Å². The van der Waals surface area contributed by atoms with Crippen LogP contribution in [0.3, 0.4) is 0 Å². The molecule has 5 heteroatoms. The van der Waals surface area contributed by atoms with Crippen molar-refractivity contribution in [3.05, 3.63) is 0 Å². The summed E-state index contributed by atoms with van der Waals surface area (Å²) < 4.78 is 10.7. The zero-order valence-corrected chi connectivity index (χ0v) is 12.0. The highest BCUT2D eigenvalue weighted by Gasteiger charge is 2.45. The lowest BCUT2D eigenvalue weighted by Gasteiger charge is -2.43. The molecule has 2 aliphatic rings. The third-order valence-corrected chi connectivity index (χ3v) is 3.80. The van der Waals surface area contributed by atoms with E-state index >= 15 is 0 Å². The van der Waals surface area contributed by atoms with E-state index in [2.05, 4.69) is 0 Å². The van der Waals surface area contributed by atoms with Gasteiger partial charge in [0.1, 0.15) is 11.4 Å².